The molecule has 7 aromatic rings. The van der Waals surface area contributed by atoms with E-state index in [0.717, 1.165) is 45.5 Å². The van der Waals surface area contributed by atoms with Crippen LogP contribution in [-0.2, 0) is 32.9 Å². The van der Waals surface area contributed by atoms with Gasteiger partial charge < -0.3 is 9.84 Å². The molecule has 0 amide bonds. The van der Waals surface area contributed by atoms with E-state index in [-0.39, 0.29) is 32.2 Å². The number of para-hydroxylation sites is 1. The average Bonchev–Trinajstić information content (AvgIpc) is 3.12. The summed E-state index contributed by atoms with van der Waals surface area (Å²) in [6.07, 6.45) is 2.67. The number of phenols is 1. The van der Waals surface area contributed by atoms with Crippen molar-refractivity contribution in [1.82, 2.24) is 9.97 Å². The van der Waals surface area contributed by atoms with Crippen LogP contribution in [0.1, 0.15) is 37.5 Å². The SMILES string of the molecule is CC(C)(C)c1cc(Oc2cc(-c3ccc(Cc4ccccc4)cc3)ccn2)[c-]c(-c2cc(-c3ccccc3)cc(-c3ccccc3O)n2)c1.[Pt]. The number of hydrogen-bond donors (Lipinski definition) is 1. The summed E-state index contributed by atoms with van der Waals surface area (Å²) in [5.41, 5.74) is 10.5. The van der Waals surface area contributed by atoms with Crippen LogP contribution in [0.25, 0.3) is 44.8 Å². The maximum absolute atomic E-state index is 10.7. The Morgan fingerprint density at radius 2 is 1.26 bits per heavy atom. The number of hydrogen-bond acceptors (Lipinski definition) is 4. The van der Waals surface area contributed by atoms with Gasteiger partial charge in [-0.05, 0) is 75.2 Å². The predicted molar refractivity (Wildman–Crippen MR) is 199 cm³/mol. The monoisotopic (exact) mass is 832 g/mol. The van der Waals surface area contributed by atoms with Crippen molar-refractivity contribution in [3.8, 4) is 62.1 Å². The Kier molecular flexibility index (Phi) is 10.4. The van der Waals surface area contributed by atoms with Crippen molar-refractivity contribution in [1.29, 1.82) is 0 Å². The van der Waals surface area contributed by atoms with Crippen LogP contribution in [0.3, 0.4) is 0 Å². The summed E-state index contributed by atoms with van der Waals surface area (Å²) < 4.78 is 6.46. The van der Waals surface area contributed by atoms with Gasteiger partial charge in [-0.1, -0.05) is 136 Å². The second-order valence-corrected chi connectivity index (χ2v) is 13.3. The molecule has 7 rings (SSSR count). The second-order valence-electron chi connectivity index (χ2n) is 13.3. The van der Waals surface area contributed by atoms with E-state index in [9.17, 15) is 5.11 Å². The molecule has 0 bridgehead atoms. The zero-order valence-electron chi connectivity index (χ0n) is 28.2. The molecule has 0 aliphatic heterocycles. The Morgan fingerprint density at radius 1 is 0.620 bits per heavy atom. The smallest absolute Gasteiger partial charge is 0.217 e. The standard InChI is InChI=1S/C45H37N2O2.Pt/c1-45(2,3)38-25-37(41-27-36(33-14-8-5-9-15-33)28-42(47-41)40-16-10-11-17-43(40)48)26-39(30-38)49-44-29-35(22-23-46-44)34-20-18-32(19-21-34)24-31-12-6-4-7-13-31;/h4-23,25,27-30,48H,24H2,1-3H3;/q-1;. The fourth-order valence-corrected chi connectivity index (χ4v) is 5.87. The van der Waals surface area contributed by atoms with Gasteiger partial charge in [0.25, 0.3) is 0 Å². The molecule has 2 aromatic heterocycles. The van der Waals surface area contributed by atoms with Crippen LogP contribution in [0.15, 0.2) is 152 Å². The molecule has 0 radical (unpaired) electrons. The molecular formula is C45H37N2O2Pt-. The third kappa shape index (κ3) is 8.10. The summed E-state index contributed by atoms with van der Waals surface area (Å²) in [5, 5.41) is 10.7. The van der Waals surface area contributed by atoms with Crippen LogP contribution in [0.4, 0.5) is 0 Å². The Bertz CT molecular complexity index is 2210. The van der Waals surface area contributed by atoms with E-state index in [1.54, 1.807) is 12.3 Å². The molecule has 2 heterocycles. The number of aromatic nitrogens is 2. The molecule has 0 unspecified atom stereocenters. The van der Waals surface area contributed by atoms with Crippen molar-refractivity contribution in [3.63, 3.8) is 0 Å². The number of nitrogens with zero attached hydrogens (tertiary/aromatic N) is 2. The molecule has 0 saturated carbocycles. The minimum absolute atomic E-state index is 0. The van der Waals surface area contributed by atoms with Crippen LogP contribution in [0.2, 0.25) is 0 Å². The first-order valence-corrected chi connectivity index (χ1v) is 16.5. The van der Waals surface area contributed by atoms with Crippen molar-refractivity contribution < 1.29 is 30.9 Å². The van der Waals surface area contributed by atoms with E-state index in [0.29, 0.717) is 22.9 Å². The van der Waals surface area contributed by atoms with E-state index in [4.69, 9.17) is 9.72 Å². The summed E-state index contributed by atoms with van der Waals surface area (Å²) >= 11 is 0. The molecule has 0 atom stereocenters. The number of rotatable bonds is 8. The molecule has 0 spiro atoms. The molecule has 250 valence electrons. The molecule has 5 aromatic carbocycles. The summed E-state index contributed by atoms with van der Waals surface area (Å²) in [4.78, 5) is 9.62. The first kappa shape index (κ1) is 34.5. The van der Waals surface area contributed by atoms with Crippen LogP contribution in [0, 0.1) is 6.07 Å². The zero-order valence-corrected chi connectivity index (χ0v) is 30.5. The molecule has 0 aliphatic rings. The molecule has 50 heavy (non-hydrogen) atoms. The van der Waals surface area contributed by atoms with Crippen molar-refractivity contribution >= 4 is 0 Å². The largest absolute Gasteiger partial charge is 0.507 e. The summed E-state index contributed by atoms with van der Waals surface area (Å²) in [6, 6.07) is 52.3. The number of phenolic OH excluding ortho intramolecular Hbond substituents is 1. The van der Waals surface area contributed by atoms with Crippen LogP contribution in [-0.4, -0.2) is 15.1 Å². The van der Waals surface area contributed by atoms with Crippen molar-refractivity contribution in [2.45, 2.75) is 32.6 Å². The van der Waals surface area contributed by atoms with Gasteiger partial charge in [0, 0.05) is 44.6 Å². The predicted octanol–water partition coefficient (Wildman–Crippen LogP) is 11.3. The fraction of sp³-hybridized carbons (Fsp3) is 0.111. The van der Waals surface area contributed by atoms with E-state index in [1.807, 2.05) is 66.7 Å². The molecule has 4 nitrogen and oxygen atoms in total. The molecule has 0 aliphatic carbocycles. The van der Waals surface area contributed by atoms with Gasteiger partial charge in [0.1, 0.15) is 5.75 Å². The quantitative estimate of drug-likeness (QED) is 0.155. The Hall–Kier alpha value is -5.31. The van der Waals surface area contributed by atoms with Crippen LogP contribution < -0.4 is 4.74 Å². The third-order valence-electron chi connectivity index (χ3n) is 8.59. The van der Waals surface area contributed by atoms with Gasteiger partial charge >= 0.3 is 0 Å². The van der Waals surface area contributed by atoms with Gasteiger partial charge in [-0.2, -0.15) is 0 Å². The maximum atomic E-state index is 10.7. The molecule has 0 fully saturated rings. The second kappa shape index (κ2) is 15.1. The van der Waals surface area contributed by atoms with Gasteiger partial charge in [0.2, 0.25) is 5.88 Å². The minimum atomic E-state index is -0.170. The first-order chi connectivity index (χ1) is 23.8. The average molecular weight is 833 g/mol. The van der Waals surface area contributed by atoms with Crippen molar-refractivity contribution in [2.24, 2.45) is 0 Å². The van der Waals surface area contributed by atoms with Crippen LogP contribution >= 0.6 is 0 Å². The van der Waals surface area contributed by atoms with Gasteiger partial charge in [0.15, 0.2) is 0 Å². The van der Waals surface area contributed by atoms with Gasteiger partial charge in [0.05, 0.1) is 5.69 Å². The third-order valence-corrected chi connectivity index (χ3v) is 8.59. The number of aromatic hydroxyl groups is 1. The molecule has 5 heteroatoms. The zero-order chi connectivity index (χ0) is 33.8. The molecule has 1 N–H and O–H groups in total. The fourth-order valence-electron chi connectivity index (χ4n) is 5.87. The maximum Gasteiger partial charge on any atom is 0.217 e. The summed E-state index contributed by atoms with van der Waals surface area (Å²) in [7, 11) is 0. The molecular weight excluding hydrogens is 796 g/mol. The Labute approximate surface area is 308 Å². The number of ether oxygens (including phenoxy) is 1. The Morgan fingerprint density at radius 3 is 1.98 bits per heavy atom. The minimum Gasteiger partial charge on any atom is -0.507 e. The van der Waals surface area contributed by atoms with E-state index in [2.05, 4.69) is 105 Å². The number of benzene rings is 5. The van der Waals surface area contributed by atoms with Gasteiger partial charge in [-0.3, -0.25) is 4.98 Å². The van der Waals surface area contributed by atoms with E-state index < -0.39 is 0 Å². The summed E-state index contributed by atoms with van der Waals surface area (Å²) in [6.45, 7) is 6.53. The van der Waals surface area contributed by atoms with Crippen molar-refractivity contribution in [2.75, 3.05) is 0 Å². The molecule has 0 saturated heterocycles. The number of pyridine rings is 2. The van der Waals surface area contributed by atoms with E-state index >= 15 is 0 Å². The normalized spacial score (nSPS) is 11.1. The topological polar surface area (TPSA) is 55.2 Å². The van der Waals surface area contributed by atoms with E-state index in [1.165, 1.54) is 11.1 Å². The van der Waals surface area contributed by atoms with Gasteiger partial charge in [-0.15, -0.1) is 17.2 Å². The first-order valence-electron chi connectivity index (χ1n) is 16.5. The van der Waals surface area contributed by atoms with Crippen LogP contribution in [0.5, 0.6) is 17.4 Å². The van der Waals surface area contributed by atoms with Gasteiger partial charge in [-0.25, -0.2) is 4.98 Å². The Balaban J connectivity index is 0.00000432. The summed E-state index contributed by atoms with van der Waals surface area (Å²) in [5.74, 6) is 1.22. The van der Waals surface area contributed by atoms with Crippen molar-refractivity contribution in [3.05, 3.63) is 175 Å².